The van der Waals surface area contributed by atoms with Crippen molar-refractivity contribution in [2.24, 2.45) is 0 Å². The van der Waals surface area contributed by atoms with Crippen LogP contribution in [0.4, 0.5) is 26.3 Å². The molecule has 0 bridgehead atoms. The third kappa shape index (κ3) is 2.67. The van der Waals surface area contributed by atoms with E-state index >= 15 is 0 Å². The van der Waals surface area contributed by atoms with E-state index in [0.717, 1.165) is 10.7 Å². The molecule has 24 heavy (non-hydrogen) atoms. The van der Waals surface area contributed by atoms with Gasteiger partial charge in [-0.25, -0.2) is 13.2 Å². The van der Waals surface area contributed by atoms with Crippen molar-refractivity contribution in [1.82, 2.24) is 9.78 Å². The van der Waals surface area contributed by atoms with Crippen LogP contribution in [-0.4, -0.2) is 15.6 Å². The van der Waals surface area contributed by atoms with Crippen LogP contribution in [-0.2, 0) is 19.1 Å². The van der Waals surface area contributed by atoms with Gasteiger partial charge in [-0.15, -0.1) is 0 Å². The van der Waals surface area contributed by atoms with Crippen LogP contribution in [0.2, 0.25) is 0 Å². The number of Topliss-reactive ketones (excluding diaryl/α,β-unsaturated/α-hetero) is 1. The summed E-state index contributed by atoms with van der Waals surface area (Å²) < 4.78 is 80.1. The molecule has 3 nitrogen and oxygen atoms in total. The number of carbonyl (C=O) groups excluding carboxylic acids is 1. The molecule has 0 N–H and O–H groups in total. The molecule has 1 heterocycles. The van der Waals surface area contributed by atoms with Crippen molar-refractivity contribution in [3.05, 3.63) is 52.1 Å². The van der Waals surface area contributed by atoms with Gasteiger partial charge in [-0.2, -0.15) is 18.3 Å². The first-order valence-corrected chi connectivity index (χ1v) is 7.02. The molecule has 0 fully saturated rings. The van der Waals surface area contributed by atoms with Gasteiger partial charge in [0.05, 0.1) is 17.8 Å². The summed E-state index contributed by atoms with van der Waals surface area (Å²) in [6.45, 7) is -0.533. The number of rotatable bonds is 2. The van der Waals surface area contributed by atoms with E-state index in [1.807, 2.05) is 0 Å². The summed E-state index contributed by atoms with van der Waals surface area (Å²) >= 11 is 0. The zero-order chi connectivity index (χ0) is 17.6. The van der Waals surface area contributed by atoms with Crippen molar-refractivity contribution in [3.8, 4) is 0 Å². The van der Waals surface area contributed by atoms with Gasteiger partial charge in [-0.3, -0.25) is 9.48 Å². The number of benzene rings is 1. The summed E-state index contributed by atoms with van der Waals surface area (Å²) in [6, 6.07) is 1.61. The minimum absolute atomic E-state index is 0.0265. The van der Waals surface area contributed by atoms with E-state index in [-0.39, 0.29) is 24.1 Å². The Labute approximate surface area is 131 Å². The highest BCUT2D eigenvalue weighted by molar-refractivity contribution is 5.99. The second-order valence-electron chi connectivity index (χ2n) is 5.44. The number of nitrogens with zero attached hydrogens (tertiary/aromatic N) is 2. The fourth-order valence-corrected chi connectivity index (χ4v) is 2.76. The molecule has 0 unspecified atom stereocenters. The maximum absolute atomic E-state index is 13.8. The normalized spacial score (nSPS) is 14.8. The van der Waals surface area contributed by atoms with Gasteiger partial charge in [0.25, 0.3) is 0 Å². The SMILES string of the molecule is O=C1CCCc2c1c(C(F)(F)F)nn2Cc1ccc(F)c(F)c1F. The number of aromatic nitrogens is 2. The molecule has 2 aromatic rings. The van der Waals surface area contributed by atoms with Crippen LogP contribution in [0, 0.1) is 17.5 Å². The average Bonchev–Trinajstić information content (AvgIpc) is 2.88. The number of ketones is 1. The summed E-state index contributed by atoms with van der Waals surface area (Å²) in [7, 11) is 0. The average molecular weight is 348 g/mol. The molecule has 1 aliphatic carbocycles. The van der Waals surface area contributed by atoms with Gasteiger partial charge >= 0.3 is 6.18 Å². The van der Waals surface area contributed by atoms with Crippen molar-refractivity contribution >= 4 is 5.78 Å². The second-order valence-corrected chi connectivity index (χ2v) is 5.44. The Morgan fingerprint density at radius 3 is 2.46 bits per heavy atom. The molecule has 0 saturated heterocycles. The first-order valence-electron chi connectivity index (χ1n) is 7.02. The lowest BCUT2D eigenvalue weighted by Gasteiger charge is -2.14. The van der Waals surface area contributed by atoms with Crippen LogP contribution >= 0.6 is 0 Å². The van der Waals surface area contributed by atoms with E-state index in [9.17, 15) is 31.1 Å². The molecule has 1 aromatic carbocycles. The van der Waals surface area contributed by atoms with Crippen LogP contribution in [0.1, 0.15) is 40.2 Å². The lowest BCUT2D eigenvalue weighted by Crippen LogP contribution is -2.17. The Morgan fingerprint density at radius 1 is 1.08 bits per heavy atom. The largest absolute Gasteiger partial charge is 0.435 e. The van der Waals surface area contributed by atoms with Gasteiger partial charge in [0.2, 0.25) is 0 Å². The number of halogens is 6. The summed E-state index contributed by atoms with van der Waals surface area (Å²) in [6.07, 6.45) is -4.36. The molecule has 0 atom stereocenters. The van der Waals surface area contributed by atoms with Gasteiger partial charge in [0, 0.05) is 12.0 Å². The molecule has 1 aliphatic rings. The minimum Gasteiger partial charge on any atom is -0.294 e. The third-order valence-corrected chi connectivity index (χ3v) is 3.86. The van der Waals surface area contributed by atoms with Crippen molar-refractivity contribution in [2.45, 2.75) is 32.0 Å². The monoisotopic (exact) mass is 348 g/mol. The molecule has 128 valence electrons. The summed E-state index contributed by atoms with van der Waals surface area (Å²) in [5.41, 5.74) is -2.17. The van der Waals surface area contributed by atoms with Gasteiger partial charge in [0.1, 0.15) is 0 Å². The predicted molar refractivity (Wildman–Crippen MR) is 69.9 cm³/mol. The number of alkyl halides is 3. The van der Waals surface area contributed by atoms with Crippen LogP contribution in [0.5, 0.6) is 0 Å². The van der Waals surface area contributed by atoms with Crippen LogP contribution in [0.3, 0.4) is 0 Å². The minimum atomic E-state index is -4.84. The highest BCUT2D eigenvalue weighted by Gasteiger charge is 2.42. The maximum atomic E-state index is 13.8. The zero-order valence-corrected chi connectivity index (χ0v) is 12.1. The first-order chi connectivity index (χ1) is 11.2. The standard InChI is InChI=1S/C15H10F6N2O/c16-8-5-4-7(12(17)13(8)18)6-23-9-2-1-3-10(24)11(9)14(22-23)15(19,20)21/h4-5H,1-3,6H2. The van der Waals surface area contributed by atoms with Crippen LogP contribution in [0.15, 0.2) is 12.1 Å². The Bertz CT molecular complexity index is 824. The molecule has 1 aromatic heterocycles. The topological polar surface area (TPSA) is 34.9 Å². The zero-order valence-electron chi connectivity index (χ0n) is 12.1. The van der Waals surface area contributed by atoms with E-state index in [1.165, 1.54) is 0 Å². The number of carbonyl (C=O) groups is 1. The maximum Gasteiger partial charge on any atom is 0.435 e. The van der Waals surface area contributed by atoms with Crippen LogP contribution in [0.25, 0.3) is 0 Å². The van der Waals surface area contributed by atoms with Gasteiger partial charge in [-0.1, -0.05) is 6.07 Å². The van der Waals surface area contributed by atoms with Gasteiger partial charge in [-0.05, 0) is 18.9 Å². The molecule has 0 spiro atoms. The Balaban J connectivity index is 2.10. The molecular formula is C15H10F6N2O. The van der Waals surface area contributed by atoms with Crippen molar-refractivity contribution in [2.75, 3.05) is 0 Å². The molecular weight excluding hydrogens is 338 g/mol. The van der Waals surface area contributed by atoms with Gasteiger partial charge < -0.3 is 0 Å². The molecule has 0 amide bonds. The van der Waals surface area contributed by atoms with Crippen LogP contribution < -0.4 is 0 Å². The van der Waals surface area contributed by atoms with E-state index in [0.29, 0.717) is 12.5 Å². The van der Waals surface area contributed by atoms with Gasteiger partial charge in [0.15, 0.2) is 28.9 Å². The first kappa shape index (κ1) is 16.5. The lowest BCUT2D eigenvalue weighted by molar-refractivity contribution is -0.141. The Morgan fingerprint density at radius 2 is 1.79 bits per heavy atom. The molecule has 0 aliphatic heterocycles. The quantitative estimate of drug-likeness (QED) is 0.610. The molecule has 0 saturated carbocycles. The fraction of sp³-hybridized carbons (Fsp3) is 0.333. The van der Waals surface area contributed by atoms with Crippen molar-refractivity contribution in [3.63, 3.8) is 0 Å². The summed E-state index contributed by atoms with van der Waals surface area (Å²) in [4.78, 5) is 11.8. The molecule has 0 radical (unpaired) electrons. The van der Waals surface area contributed by atoms with E-state index < -0.39 is 47.2 Å². The fourth-order valence-electron chi connectivity index (χ4n) is 2.76. The summed E-state index contributed by atoms with van der Waals surface area (Å²) in [5.74, 6) is -5.28. The number of fused-ring (bicyclic) bond motifs is 1. The van der Waals surface area contributed by atoms with E-state index in [1.54, 1.807) is 0 Å². The Hall–Kier alpha value is -2.32. The molecule has 3 rings (SSSR count). The highest BCUT2D eigenvalue weighted by Crippen LogP contribution is 2.36. The smallest absolute Gasteiger partial charge is 0.294 e. The number of hydrogen-bond acceptors (Lipinski definition) is 2. The van der Waals surface area contributed by atoms with Crippen molar-refractivity contribution in [1.29, 1.82) is 0 Å². The highest BCUT2D eigenvalue weighted by atomic mass is 19.4. The third-order valence-electron chi connectivity index (χ3n) is 3.86. The lowest BCUT2D eigenvalue weighted by atomic mass is 9.94. The Kier molecular flexibility index (Phi) is 3.89. The molecule has 9 heteroatoms. The van der Waals surface area contributed by atoms with E-state index in [4.69, 9.17) is 0 Å². The second kappa shape index (κ2) is 5.64. The van der Waals surface area contributed by atoms with E-state index in [2.05, 4.69) is 5.10 Å². The summed E-state index contributed by atoms with van der Waals surface area (Å²) in [5, 5.41) is 3.39. The predicted octanol–water partition coefficient (Wildman–Crippen LogP) is 3.89. The van der Waals surface area contributed by atoms with Crippen molar-refractivity contribution < 1.29 is 31.1 Å². The number of hydrogen-bond donors (Lipinski definition) is 0.